The van der Waals surface area contributed by atoms with Gasteiger partial charge in [-0.1, -0.05) is 26.0 Å². The van der Waals surface area contributed by atoms with Gasteiger partial charge in [0.05, 0.1) is 17.2 Å². The normalized spacial score (nSPS) is 12.4. The van der Waals surface area contributed by atoms with Crippen LogP contribution in [0.1, 0.15) is 34.6 Å². The fraction of sp³-hybridized carbons (Fsp3) is 0.286. The van der Waals surface area contributed by atoms with Gasteiger partial charge in [-0.3, -0.25) is 15.0 Å². The summed E-state index contributed by atoms with van der Waals surface area (Å²) in [5, 5.41) is 20.9. The molecule has 0 aliphatic heterocycles. The van der Waals surface area contributed by atoms with Crippen molar-refractivity contribution in [3.8, 4) is 0 Å². The highest BCUT2D eigenvalue weighted by Gasteiger charge is 2.25. The third kappa shape index (κ3) is 4.04. The first kappa shape index (κ1) is 17.1. The second-order valence-electron chi connectivity index (χ2n) is 4.88. The van der Waals surface area contributed by atoms with Crippen molar-refractivity contribution in [1.29, 1.82) is 5.39 Å². The Labute approximate surface area is 127 Å². The van der Waals surface area contributed by atoms with E-state index in [1.54, 1.807) is 26.0 Å². The molecule has 8 nitrogen and oxygen atoms in total. The van der Waals surface area contributed by atoms with Gasteiger partial charge in [0.25, 0.3) is 11.8 Å². The van der Waals surface area contributed by atoms with Gasteiger partial charge in [0, 0.05) is 0 Å². The molecule has 2 amide bonds. The standard InChI is InChI=1S/C14H17N5O3/c1-8(2)12(11(20)7-17-15)18-13(21)9-5-3-4-6-10(9)14(22)19-16/h3-8,12,15-16H,1-2H3,(H2,18,20,21)/p+1/t12-/m1/s1. The van der Waals surface area contributed by atoms with Crippen molar-refractivity contribution in [3.63, 3.8) is 0 Å². The molecule has 0 aliphatic rings. The van der Waals surface area contributed by atoms with Gasteiger partial charge in [-0.15, -0.1) is 0 Å². The summed E-state index contributed by atoms with van der Waals surface area (Å²) in [6.07, 6.45) is 0.837. The molecule has 1 atom stereocenters. The van der Waals surface area contributed by atoms with Crippen molar-refractivity contribution in [2.24, 2.45) is 11.8 Å². The average molecular weight is 304 g/mol. The predicted molar refractivity (Wildman–Crippen MR) is 80.0 cm³/mol. The van der Waals surface area contributed by atoms with E-state index in [1.807, 2.05) is 5.43 Å². The smallest absolute Gasteiger partial charge is 0.389 e. The number of hydrogen-bond donors (Lipinski definition) is 4. The zero-order chi connectivity index (χ0) is 16.7. The van der Waals surface area contributed by atoms with E-state index >= 15 is 0 Å². The molecule has 116 valence electrons. The number of nitrogen functional groups attached to an aromatic ring is 1. The lowest BCUT2D eigenvalue weighted by Gasteiger charge is -2.20. The number of aliphatic hydroxyl groups excluding tert-OH is 1. The topological polar surface area (TPSA) is 133 Å². The molecule has 0 aliphatic carbocycles. The minimum absolute atomic E-state index is 0.111. The number of hydrogen-bond acceptors (Lipinski definition) is 5. The Balaban J connectivity index is 3.09. The van der Waals surface area contributed by atoms with Crippen LogP contribution < -0.4 is 16.6 Å². The van der Waals surface area contributed by atoms with Gasteiger partial charge in [-0.05, 0) is 18.1 Å². The van der Waals surface area contributed by atoms with Crippen LogP contribution >= 0.6 is 0 Å². The molecule has 22 heavy (non-hydrogen) atoms. The van der Waals surface area contributed by atoms with Gasteiger partial charge < -0.3 is 10.4 Å². The number of nitrogens with two attached hydrogens (primary N) is 1. The number of hydrazine groups is 1. The van der Waals surface area contributed by atoms with E-state index in [4.69, 9.17) is 11.2 Å². The third-order valence-electron chi connectivity index (χ3n) is 3.01. The highest BCUT2D eigenvalue weighted by atomic mass is 16.3. The van der Waals surface area contributed by atoms with Crippen molar-refractivity contribution < 1.29 is 14.7 Å². The van der Waals surface area contributed by atoms with E-state index in [1.165, 1.54) is 12.1 Å². The van der Waals surface area contributed by atoms with Crippen molar-refractivity contribution in [2.45, 2.75) is 19.9 Å². The van der Waals surface area contributed by atoms with Gasteiger partial charge in [0.15, 0.2) is 4.98 Å². The van der Waals surface area contributed by atoms with E-state index in [0.29, 0.717) is 0 Å². The fourth-order valence-corrected chi connectivity index (χ4v) is 1.90. The molecular formula is C14H18N5O3+. The Kier molecular flexibility index (Phi) is 6.04. The predicted octanol–water partition coefficient (Wildman–Crippen LogP) is 1.30. The quantitative estimate of drug-likeness (QED) is 0.214. The number of rotatable bonds is 5. The first-order valence-corrected chi connectivity index (χ1v) is 6.56. The molecule has 0 aromatic heterocycles. The van der Waals surface area contributed by atoms with Crippen LogP contribution in [-0.2, 0) is 0 Å². The largest absolute Gasteiger partial charge is 0.504 e. The SMILES string of the molecule is CC(C)[C@@H](NC(=O)c1ccccc1C(=O)NN)C(O)=C[N+]#N. The molecule has 0 unspecified atom stereocenters. The summed E-state index contributed by atoms with van der Waals surface area (Å²) in [5.74, 6) is 3.46. The van der Waals surface area contributed by atoms with Crippen molar-refractivity contribution >= 4 is 11.8 Å². The zero-order valence-electron chi connectivity index (χ0n) is 12.3. The molecule has 8 heteroatoms. The van der Waals surface area contributed by atoms with Crippen molar-refractivity contribution in [3.05, 3.63) is 52.3 Å². The first-order chi connectivity index (χ1) is 10.4. The summed E-state index contributed by atoms with van der Waals surface area (Å²) in [6, 6.07) is 5.36. The molecule has 1 rings (SSSR count). The van der Waals surface area contributed by atoms with Crippen LogP contribution in [0.25, 0.3) is 4.98 Å². The number of amides is 2. The number of carbonyl (C=O) groups excluding carboxylic acids is 2. The summed E-state index contributed by atoms with van der Waals surface area (Å²) in [5.41, 5.74) is 2.19. The van der Waals surface area contributed by atoms with E-state index in [9.17, 15) is 14.7 Å². The Hall–Kier alpha value is -2.92. The lowest BCUT2D eigenvalue weighted by molar-refractivity contribution is 0.0900. The van der Waals surface area contributed by atoms with Gasteiger partial charge >= 0.3 is 6.20 Å². The van der Waals surface area contributed by atoms with Crippen LogP contribution in [0, 0.1) is 11.3 Å². The highest BCUT2D eigenvalue weighted by Crippen LogP contribution is 2.14. The van der Waals surface area contributed by atoms with Gasteiger partial charge in [0.1, 0.15) is 0 Å². The second-order valence-corrected chi connectivity index (χ2v) is 4.88. The highest BCUT2D eigenvalue weighted by molar-refractivity contribution is 6.07. The molecule has 0 bridgehead atoms. The minimum atomic E-state index is -0.766. The van der Waals surface area contributed by atoms with Crippen LogP contribution in [0.2, 0.25) is 0 Å². The Morgan fingerprint density at radius 3 is 2.27 bits per heavy atom. The van der Waals surface area contributed by atoms with Crippen LogP contribution in [0.4, 0.5) is 0 Å². The maximum Gasteiger partial charge on any atom is 0.389 e. The molecule has 0 fully saturated rings. The number of diazo groups is 1. The lowest BCUT2D eigenvalue weighted by Crippen LogP contribution is -2.41. The van der Waals surface area contributed by atoms with Gasteiger partial charge in [-0.2, -0.15) is 0 Å². The number of benzene rings is 1. The van der Waals surface area contributed by atoms with E-state index < -0.39 is 17.9 Å². The molecule has 5 N–H and O–H groups in total. The third-order valence-corrected chi connectivity index (χ3v) is 3.01. The molecule has 0 heterocycles. The summed E-state index contributed by atoms with van der Waals surface area (Å²) < 4.78 is 0. The molecule has 1 aromatic carbocycles. The van der Waals surface area contributed by atoms with Crippen LogP contribution in [0.3, 0.4) is 0 Å². The number of nitrogens with zero attached hydrogens (tertiary/aromatic N) is 2. The number of carbonyl (C=O) groups is 2. The van der Waals surface area contributed by atoms with E-state index in [2.05, 4.69) is 10.3 Å². The summed E-state index contributed by atoms with van der Waals surface area (Å²) >= 11 is 0. The minimum Gasteiger partial charge on any atom is -0.504 e. The Bertz CT molecular complexity index is 634. The second kappa shape index (κ2) is 7.75. The van der Waals surface area contributed by atoms with E-state index in [0.717, 1.165) is 6.20 Å². The molecule has 0 spiro atoms. The van der Waals surface area contributed by atoms with E-state index in [-0.39, 0.29) is 22.8 Å². The first-order valence-electron chi connectivity index (χ1n) is 6.56. The molecule has 1 aromatic rings. The summed E-state index contributed by atoms with van der Waals surface area (Å²) in [6.45, 7) is 3.54. The Morgan fingerprint density at radius 2 is 1.82 bits per heavy atom. The fourth-order valence-electron chi connectivity index (χ4n) is 1.90. The zero-order valence-corrected chi connectivity index (χ0v) is 12.3. The average Bonchev–Trinajstić information content (AvgIpc) is 2.51. The lowest BCUT2D eigenvalue weighted by atomic mass is 10.0. The van der Waals surface area contributed by atoms with Crippen LogP contribution in [0.5, 0.6) is 0 Å². The maximum atomic E-state index is 12.3. The van der Waals surface area contributed by atoms with Gasteiger partial charge in [-0.25, -0.2) is 5.84 Å². The van der Waals surface area contributed by atoms with Crippen LogP contribution in [-0.4, -0.2) is 23.0 Å². The molecule has 0 saturated heterocycles. The summed E-state index contributed by atoms with van der Waals surface area (Å²) in [7, 11) is 0. The Morgan fingerprint density at radius 1 is 1.27 bits per heavy atom. The molecule has 0 radical (unpaired) electrons. The maximum absolute atomic E-state index is 12.3. The monoisotopic (exact) mass is 304 g/mol. The molecule has 0 saturated carbocycles. The summed E-state index contributed by atoms with van der Waals surface area (Å²) in [4.78, 5) is 26.7. The number of aliphatic hydroxyl groups is 1. The van der Waals surface area contributed by atoms with Crippen LogP contribution in [0.15, 0.2) is 36.2 Å². The van der Waals surface area contributed by atoms with Crippen molar-refractivity contribution in [1.82, 2.24) is 10.7 Å². The number of nitrogens with one attached hydrogen (secondary N) is 2. The van der Waals surface area contributed by atoms with Crippen molar-refractivity contribution in [2.75, 3.05) is 0 Å². The van der Waals surface area contributed by atoms with Gasteiger partial charge in [0.2, 0.25) is 11.2 Å². The molecular weight excluding hydrogens is 286 g/mol.